The second kappa shape index (κ2) is 12.4. The number of nitrogens with one attached hydrogen (secondary N) is 1. The number of benzene rings is 1. The quantitative estimate of drug-likeness (QED) is 0.303. The normalized spacial score (nSPS) is 15.2. The van der Waals surface area contributed by atoms with E-state index in [2.05, 4.69) is 50.4 Å². The molecular weight excluding hydrogens is 415 g/mol. The van der Waals surface area contributed by atoms with Crippen molar-refractivity contribution in [1.29, 1.82) is 0 Å². The van der Waals surface area contributed by atoms with Gasteiger partial charge in [0, 0.05) is 59.2 Å². The Morgan fingerprint density at radius 3 is 2.42 bits per heavy atom. The van der Waals surface area contributed by atoms with Crippen LogP contribution in [0.25, 0.3) is 0 Å². The number of unbranched alkanes of at least 4 members (excludes halogenated alkanes) is 2. The first-order chi connectivity index (χ1) is 11.3. The van der Waals surface area contributed by atoms with Gasteiger partial charge in [0.1, 0.15) is 0 Å². The van der Waals surface area contributed by atoms with Crippen LogP contribution in [0.4, 0.5) is 5.69 Å². The van der Waals surface area contributed by atoms with E-state index in [-0.39, 0.29) is 24.0 Å². The molecule has 0 saturated carbocycles. The molecule has 1 fully saturated rings. The van der Waals surface area contributed by atoms with E-state index in [0.717, 1.165) is 58.1 Å². The Kier molecular flexibility index (Phi) is 10.8. The molecule has 0 aromatic heterocycles. The number of methoxy groups -OCH3 is 1. The monoisotopic (exact) mass is 446 g/mol. The van der Waals surface area contributed by atoms with Gasteiger partial charge in [0.05, 0.1) is 0 Å². The molecular formula is C18H31IN4O. The predicted molar refractivity (Wildman–Crippen MR) is 113 cm³/mol. The molecule has 0 atom stereocenters. The number of hydrogen-bond donors (Lipinski definition) is 1. The second-order valence-corrected chi connectivity index (χ2v) is 5.84. The Labute approximate surface area is 163 Å². The summed E-state index contributed by atoms with van der Waals surface area (Å²) in [5.74, 6) is 1.03. The van der Waals surface area contributed by atoms with Crippen LogP contribution in [0, 0.1) is 0 Å². The molecule has 1 heterocycles. The van der Waals surface area contributed by atoms with Crippen LogP contribution in [0.1, 0.15) is 19.3 Å². The van der Waals surface area contributed by atoms with Crippen LogP contribution in [0.2, 0.25) is 0 Å². The van der Waals surface area contributed by atoms with E-state index in [9.17, 15) is 0 Å². The van der Waals surface area contributed by atoms with Gasteiger partial charge < -0.3 is 19.9 Å². The fourth-order valence-electron chi connectivity index (χ4n) is 2.90. The highest BCUT2D eigenvalue weighted by Gasteiger charge is 2.19. The van der Waals surface area contributed by atoms with E-state index in [1.807, 2.05) is 7.05 Å². The largest absolute Gasteiger partial charge is 0.385 e. The minimum absolute atomic E-state index is 0. The number of ether oxygens (including phenoxy) is 1. The molecule has 1 saturated heterocycles. The molecule has 1 aliphatic rings. The number of guanidine groups is 1. The predicted octanol–water partition coefficient (Wildman–Crippen LogP) is 2.82. The summed E-state index contributed by atoms with van der Waals surface area (Å²) in [7, 11) is 3.63. The lowest BCUT2D eigenvalue weighted by Crippen LogP contribution is -2.52. The van der Waals surface area contributed by atoms with E-state index in [1.54, 1.807) is 7.11 Å². The molecule has 5 nitrogen and oxygen atoms in total. The zero-order chi connectivity index (χ0) is 16.3. The van der Waals surface area contributed by atoms with Gasteiger partial charge in [0.25, 0.3) is 0 Å². The van der Waals surface area contributed by atoms with Crippen molar-refractivity contribution in [3.05, 3.63) is 30.3 Å². The minimum Gasteiger partial charge on any atom is -0.385 e. The van der Waals surface area contributed by atoms with Gasteiger partial charge in [-0.3, -0.25) is 4.99 Å². The van der Waals surface area contributed by atoms with Crippen LogP contribution in [0.5, 0.6) is 0 Å². The smallest absolute Gasteiger partial charge is 0.193 e. The molecule has 0 aliphatic carbocycles. The van der Waals surface area contributed by atoms with Gasteiger partial charge in [-0.15, -0.1) is 24.0 Å². The lowest BCUT2D eigenvalue weighted by molar-refractivity contribution is 0.192. The third kappa shape index (κ3) is 6.84. The molecule has 0 spiro atoms. The molecule has 136 valence electrons. The average Bonchev–Trinajstić information content (AvgIpc) is 2.62. The SMILES string of the molecule is CN=C(NCCCCCOC)N1CCN(c2ccccc2)CC1.I. The Morgan fingerprint density at radius 1 is 1.08 bits per heavy atom. The van der Waals surface area contributed by atoms with Crippen LogP contribution in [0.15, 0.2) is 35.3 Å². The summed E-state index contributed by atoms with van der Waals surface area (Å²) in [6.45, 7) is 5.94. The summed E-state index contributed by atoms with van der Waals surface area (Å²) in [5.41, 5.74) is 1.31. The summed E-state index contributed by atoms with van der Waals surface area (Å²) >= 11 is 0. The summed E-state index contributed by atoms with van der Waals surface area (Å²) < 4.78 is 5.08. The molecule has 24 heavy (non-hydrogen) atoms. The third-order valence-electron chi connectivity index (χ3n) is 4.22. The molecule has 2 rings (SSSR count). The number of halogens is 1. The maximum absolute atomic E-state index is 5.08. The third-order valence-corrected chi connectivity index (χ3v) is 4.22. The van der Waals surface area contributed by atoms with Crippen LogP contribution >= 0.6 is 24.0 Å². The van der Waals surface area contributed by atoms with E-state index in [4.69, 9.17) is 4.74 Å². The van der Waals surface area contributed by atoms with Crippen molar-refractivity contribution in [2.45, 2.75) is 19.3 Å². The fourth-order valence-corrected chi connectivity index (χ4v) is 2.90. The van der Waals surface area contributed by atoms with Crippen molar-refractivity contribution in [3.8, 4) is 0 Å². The van der Waals surface area contributed by atoms with Crippen molar-refractivity contribution in [1.82, 2.24) is 10.2 Å². The zero-order valence-electron chi connectivity index (χ0n) is 14.9. The van der Waals surface area contributed by atoms with E-state index in [1.165, 1.54) is 12.1 Å². The first-order valence-corrected chi connectivity index (χ1v) is 8.59. The molecule has 1 aromatic rings. The summed E-state index contributed by atoms with van der Waals surface area (Å²) in [5, 5.41) is 3.49. The van der Waals surface area contributed by atoms with E-state index in [0.29, 0.717) is 0 Å². The summed E-state index contributed by atoms with van der Waals surface area (Å²) in [6.07, 6.45) is 3.48. The molecule has 1 aromatic carbocycles. The van der Waals surface area contributed by atoms with Crippen molar-refractivity contribution >= 4 is 35.6 Å². The molecule has 0 unspecified atom stereocenters. The fraction of sp³-hybridized carbons (Fsp3) is 0.611. The number of hydrogen-bond acceptors (Lipinski definition) is 3. The Bertz CT molecular complexity index is 461. The van der Waals surface area contributed by atoms with Crippen LogP contribution in [0.3, 0.4) is 0 Å². The molecule has 1 N–H and O–H groups in total. The number of para-hydroxylation sites is 1. The van der Waals surface area contributed by atoms with Gasteiger partial charge in [-0.25, -0.2) is 0 Å². The molecule has 1 aliphatic heterocycles. The number of piperazine rings is 1. The Hall–Kier alpha value is -1.02. The Morgan fingerprint density at radius 2 is 1.79 bits per heavy atom. The molecule has 0 radical (unpaired) electrons. The van der Waals surface area contributed by atoms with E-state index >= 15 is 0 Å². The summed E-state index contributed by atoms with van der Waals surface area (Å²) in [4.78, 5) is 9.23. The lowest BCUT2D eigenvalue weighted by atomic mass is 10.2. The van der Waals surface area contributed by atoms with Gasteiger partial charge in [-0.05, 0) is 31.4 Å². The highest BCUT2D eigenvalue weighted by molar-refractivity contribution is 14.0. The van der Waals surface area contributed by atoms with Crippen molar-refractivity contribution in [2.75, 3.05) is 58.4 Å². The minimum atomic E-state index is 0. The second-order valence-electron chi connectivity index (χ2n) is 5.84. The topological polar surface area (TPSA) is 40.1 Å². The maximum Gasteiger partial charge on any atom is 0.193 e. The first-order valence-electron chi connectivity index (χ1n) is 8.59. The van der Waals surface area contributed by atoms with Crippen molar-refractivity contribution in [2.24, 2.45) is 4.99 Å². The highest BCUT2D eigenvalue weighted by Crippen LogP contribution is 2.15. The molecule has 0 amide bonds. The zero-order valence-corrected chi connectivity index (χ0v) is 17.2. The van der Waals surface area contributed by atoms with E-state index < -0.39 is 0 Å². The van der Waals surface area contributed by atoms with Gasteiger partial charge in [0.2, 0.25) is 0 Å². The molecule has 6 heteroatoms. The Balaban J connectivity index is 0.00000288. The average molecular weight is 446 g/mol. The van der Waals surface area contributed by atoms with Gasteiger partial charge >= 0.3 is 0 Å². The van der Waals surface area contributed by atoms with Crippen LogP contribution in [-0.2, 0) is 4.74 Å². The standard InChI is InChI=1S/C18H30N4O.HI/c1-19-18(20-11-7-4-8-16-23-2)22-14-12-21(13-15-22)17-9-5-3-6-10-17;/h3,5-6,9-10H,4,7-8,11-16H2,1-2H3,(H,19,20);1H. The molecule has 0 bridgehead atoms. The maximum atomic E-state index is 5.08. The number of anilines is 1. The summed E-state index contributed by atoms with van der Waals surface area (Å²) in [6, 6.07) is 10.6. The number of rotatable bonds is 7. The van der Waals surface area contributed by atoms with Gasteiger partial charge in [0.15, 0.2) is 5.96 Å². The highest BCUT2D eigenvalue weighted by atomic mass is 127. The first kappa shape index (κ1) is 21.0. The van der Waals surface area contributed by atoms with Crippen molar-refractivity contribution in [3.63, 3.8) is 0 Å². The van der Waals surface area contributed by atoms with Crippen LogP contribution in [-0.4, -0.2) is 64.3 Å². The van der Waals surface area contributed by atoms with Gasteiger partial charge in [-0.1, -0.05) is 18.2 Å². The van der Waals surface area contributed by atoms with Crippen LogP contribution < -0.4 is 10.2 Å². The number of aliphatic imine (C=N–C) groups is 1. The van der Waals surface area contributed by atoms with Crippen molar-refractivity contribution < 1.29 is 4.74 Å². The van der Waals surface area contributed by atoms with Gasteiger partial charge in [-0.2, -0.15) is 0 Å². The number of nitrogens with zero attached hydrogens (tertiary/aromatic N) is 3. The lowest BCUT2D eigenvalue weighted by Gasteiger charge is -2.37.